The van der Waals surface area contributed by atoms with E-state index in [1.807, 2.05) is 0 Å². The van der Waals surface area contributed by atoms with Gasteiger partial charge in [-0.25, -0.2) is 4.98 Å². The first-order chi connectivity index (χ1) is 7.58. The number of benzene rings is 1. The summed E-state index contributed by atoms with van der Waals surface area (Å²) in [6.07, 6.45) is 1.20. The van der Waals surface area contributed by atoms with Gasteiger partial charge in [0.05, 0.1) is 29.7 Å². The molecule has 0 atom stereocenters. The van der Waals surface area contributed by atoms with Gasteiger partial charge in [-0.2, -0.15) is 0 Å². The zero-order chi connectivity index (χ0) is 11.7. The van der Waals surface area contributed by atoms with Crippen LogP contribution in [0, 0.1) is 0 Å². The highest BCUT2D eigenvalue weighted by Gasteiger charge is 2.04. The van der Waals surface area contributed by atoms with Crippen LogP contribution in [-0.4, -0.2) is 15.5 Å². The lowest BCUT2D eigenvalue weighted by Gasteiger charge is -2.06. The number of hydrogen-bond donors (Lipinski definition) is 0. The number of carboxylic acids is 1. The van der Waals surface area contributed by atoms with E-state index in [2.05, 4.69) is 20.9 Å². The molecular weight excluding hydrogens is 276 g/mol. The van der Waals surface area contributed by atoms with Crippen molar-refractivity contribution in [2.45, 2.75) is 6.54 Å². The van der Waals surface area contributed by atoms with E-state index >= 15 is 0 Å². The second-order valence-corrected chi connectivity index (χ2v) is 4.13. The quantitative estimate of drug-likeness (QED) is 0.771. The van der Waals surface area contributed by atoms with Gasteiger partial charge in [-0.3, -0.25) is 9.36 Å². The van der Waals surface area contributed by atoms with Crippen molar-refractivity contribution >= 4 is 32.8 Å². The fourth-order valence-corrected chi connectivity index (χ4v) is 1.74. The molecule has 1 heterocycles. The second kappa shape index (κ2) is 4.05. The lowest BCUT2D eigenvalue weighted by atomic mass is 10.2. The third kappa shape index (κ3) is 1.96. The molecule has 0 spiro atoms. The van der Waals surface area contributed by atoms with Gasteiger partial charge >= 0.3 is 0 Å². The average Bonchev–Trinajstić information content (AvgIpc) is 2.22. The lowest BCUT2D eigenvalue weighted by Crippen LogP contribution is -2.32. The Balaban J connectivity index is 2.68. The van der Waals surface area contributed by atoms with Crippen molar-refractivity contribution in [3.8, 4) is 0 Å². The molecule has 1 aromatic heterocycles. The van der Waals surface area contributed by atoms with Crippen LogP contribution >= 0.6 is 15.9 Å². The number of halogens is 1. The molecule has 0 aliphatic heterocycles. The highest BCUT2D eigenvalue weighted by atomic mass is 79.9. The van der Waals surface area contributed by atoms with Gasteiger partial charge in [0.15, 0.2) is 0 Å². The maximum absolute atomic E-state index is 11.8. The number of carbonyl (C=O) groups excluding carboxylic acids is 1. The molecule has 1 aromatic carbocycles. The summed E-state index contributed by atoms with van der Waals surface area (Å²) in [5, 5.41) is 10.8. The molecular formula is C10H6BrN2O3-. The summed E-state index contributed by atoms with van der Waals surface area (Å²) in [6.45, 7) is -0.492. The van der Waals surface area contributed by atoms with Gasteiger partial charge in [0, 0.05) is 4.47 Å². The van der Waals surface area contributed by atoms with E-state index in [9.17, 15) is 14.7 Å². The van der Waals surface area contributed by atoms with Crippen LogP contribution in [0.15, 0.2) is 33.8 Å². The molecule has 6 heteroatoms. The number of aliphatic carboxylic acids is 1. The fourth-order valence-electron chi connectivity index (χ4n) is 1.38. The first-order valence-electron chi connectivity index (χ1n) is 4.42. The first kappa shape index (κ1) is 10.8. The van der Waals surface area contributed by atoms with E-state index < -0.39 is 18.1 Å². The van der Waals surface area contributed by atoms with Gasteiger partial charge in [-0.05, 0) is 18.2 Å². The van der Waals surface area contributed by atoms with E-state index in [1.54, 1.807) is 18.2 Å². The van der Waals surface area contributed by atoms with E-state index in [1.165, 1.54) is 6.33 Å². The van der Waals surface area contributed by atoms with Crippen LogP contribution in [0.25, 0.3) is 10.9 Å². The smallest absolute Gasteiger partial charge is 0.261 e. The van der Waals surface area contributed by atoms with E-state index in [4.69, 9.17) is 0 Å². The molecule has 5 nitrogen and oxygen atoms in total. The molecule has 0 aliphatic carbocycles. The van der Waals surface area contributed by atoms with Crippen LogP contribution in [0.5, 0.6) is 0 Å². The van der Waals surface area contributed by atoms with Gasteiger partial charge in [0.1, 0.15) is 0 Å². The first-order valence-corrected chi connectivity index (χ1v) is 5.22. The Hall–Kier alpha value is -1.69. The van der Waals surface area contributed by atoms with E-state index in [0.717, 1.165) is 9.04 Å². The molecule has 0 aliphatic rings. The summed E-state index contributed by atoms with van der Waals surface area (Å²) >= 11 is 3.24. The van der Waals surface area contributed by atoms with Crippen LogP contribution in [0.3, 0.4) is 0 Å². The molecule has 2 aromatic rings. The number of rotatable bonds is 2. The number of hydrogen-bond acceptors (Lipinski definition) is 4. The molecule has 0 bridgehead atoms. The number of fused-ring (bicyclic) bond motifs is 1. The van der Waals surface area contributed by atoms with Crippen molar-refractivity contribution in [3.05, 3.63) is 39.4 Å². The standard InChI is InChI=1S/C10H7BrN2O3/c11-6-1-2-8-7(3-6)10(16)13(5-12-8)4-9(14)15/h1-3,5H,4H2,(H,14,15)/p-1. The van der Waals surface area contributed by atoms with Crippen molar-refractivity contribution in [1.29, 1.82) is 0 Å². The lowest BCUT2D eigenvalue weighted by molar-refractivity contribution is -0.306. The van der Waals surface area contributed by atoms with Crippen molar-refractivity contribution in [2.24, 2.45) is 0 Å². The van der Waals surface area contributed by atoms with E-state index in [-0.39, 0.29) is 0 Å². The van der Waals surface area contributed by atoms with Crippen LogP contribution in [0.4, 0.5) is 0 Å². The minimum absolute atomic E-state index is 0.373. The van der Waals surface area contributed by atoms with Crippen LogP contribution < -0.4 is 10.7 Å². The summed E-state index contributed by atoms with van der Waals surface area (Å²) in [5.41, 5.74) is 0.137. The molecule has 0 saturated carbocycles. The second-order valence-electron chi connectivity index (χ2n) is 3.21. The summed E-state index contributed by atoms with van der Waals surface area (Å²) in [5.74, 6) is -1.32. The third-order valence-electron chi connectivity index (χ3n) is 2.09. The number of carboxylic acid groups (broad SMARTS) is 1. The predicted molar refractivity (Wildman–Crippen MR) is 58.7 cm³/mol. The summed E-state index contributed by atoms with van der Waals surface area (Å²) < 4.78 is 1.74. The third-order valence-corrected chi connectivity index (χ3v) is 2.58. The highest BCUT2D eigenvalue weighted by molar-refractivity contribution is 9.10. The van der Waals surface area contributed by atoms with E-state index in [0.29, 0.717) is 10.9 Å². The summed E-state index contributed by atoms with van der Waals surface area (Å²) in [4.78, 5) is 26.2. The molecule has 0 fully saturated rings. The Labute approximate surface area is 98.5 Å². The summed E-state index contributed by atoms with van der Waals surface area (Å²) in [7, 11) is 0. The Morgan fingerprint density at radius 2 is 2.25 bits per heavy atom. The predicted octanol–water partition coefficient (Wildman–Crippen LogP) is -0.0911. The molecule has 82 valence electrons. The van der Waals surface area contributed by atoms with Crippen LogP contribution in [0.2, 0.25) is 0 Å². The minimum Gasteiger partial charge on any atom is -0.548 e. The van der Waals surface area contributed by atoms with Crippen LogP contribution in [0.1, 0.15) is 0 Å². The van der Waals surface area contributed by atoms with Gasteiger partial charge in [0.25, 0.3) is 5.56 Å². The minimum atomic E-state index is -1.32. The highest BCUT2D eigenvalue weighted by Crippen LogP contribution is 2.14. The van der Waals surface area contributed by atoms with Crippen LogP contribution in [-0.2, 0) is 11.3 Å². The molecule has 0 N–H and O–H groups in total. The molecule has 0 amide bonds. The van der Waals surface area contributed by atoms with Crippen molar-refractivity contribution in [1.82, 2.24) is 9.55 Å². The van der Waals surface area contributed by atoms with Crippen molar-refractivity contribution in [3.63, 3.8) is 0 Å². The maximum atomic E-state index is 11.8. The maximum Gasteiger partial charge on any atom is 0.261 e. The SMILES string of the molecule is O=C([O-])Cn1cnc2ccc(Br)cc2c1=O. The fraction of sp³-hybridized carbons (Fsp3) is 0.100. The topological polar surface area (TPSA) is 75.0 Å². The molecule has 0 radical (unpaired) electrons. The normalized spacial score (nSPS) is 10.6. The van der Waals surface area contributed by atoms with Gasteiger partial charge in [0.2, 0.25) is 0 Å². The number of carbonyl (C=O) groups is 1. The van der Waals surface area contributed by atoms with Crippen molar-refractivity contribution in [2.75, 3.05) is 0 Å². The van der Waals surface area contributed by atoms with Gasteiger partial charge in [-0.1, -0.05) is 15.9 Å². The Bertz CT molecular complexity index is 621. The Kier molecular flexibility index (Phi) is 2.74. The monoisotopic (exact) mass is 281 g/mol. The van der Waals surface area contributed by atoms with Gasteiger partial charge < -0.3 is 9.90 Å². The summed E-state index contributed by atoms with van der Waals surface area (Å²) in [6, 6.07) is 5.05. The molecule has 16 heavy (non-hydrogen) atoms. The van der Waals surface area contributed by atoms with Gasteiger partial charge in [-0.15, -0.1) is 0 Å². The number of aromatic nitrogens is 2. The number of nitrogens with zero attached hydrogens (tertiary/aromatic N) is 2. The zero-order valence-electron chi connectivity index (χ0n) is 8.01. The largest absolute Gasteiger partial charge is 0.548 e. The zero-order valence-corrected chi connectivity index (χ0v) is 9.60. The van der Waals surface area contributed by atoms with Crippen molar-refractivity contribution < 1.29 is 9.90 Å². The Morgan fingerprint density at radius 1 is 1.50 bits per heavy atom. The Morgan fingerprint density at radius 3 is 2.94 bits per heavy atom. The average molecular weight is 282 g/mol. The molecule has 0 saturated heterocycles. The molecule has 2 rings (SSSR count). The molecule has 0 unspecified atom stereocenters.